The van der Waals surface area contributed by atoms with Crippen molar-refractivity contribution in [3.63, 3.8) is 0 Å². The van der Waals surface area contributed by atoms with Gasteiger partial charge < -0.3 is 28.8 Å². The Morgan fingerprint density at radius 1 is 0.810 bits per heavy atom. The van der Waals surface area contributed by atoms with Gasteiger partial charge in [-0.25, -0.2) is 0 Å². The standard InChI is InChI=1S/C33H63N2O6P/c1-6-8-9-10-11-12-13-14-15-16-17-18-19-20-21-22-23-24-25-27-32(36)31(34-33(37)26-7-2)30-41-42(38,39)40-29-28-35(3,4)5/h17-18,21-22,25,27,31-32,36H,6-16,19-20,23-24,26,28-30H2,1-5H3,(H-,34,37,38,39)/b18-17+,22-21+,27-25+. The number of phosphoric acid groups is 1. The first-order chi connectivity index (χ1) is 20.0. The van der Waals surface area contributed by atoms with E-state index in [9.17, 15) is 19.4 Å². The molecule has 3 atom stereocenters. The van der Waals surface area contributed by atoms with Gasteiger partial charge in [-0.2, -0.15) is 0 Å². The number of hydrogen-bond acceptors (Lipinski definition) is 6. The highest BCUT2D eigenvalue weighted by molar-refractivity contribution is 7.45. The second-order valence-electron chi connectivity index (χ2n) is 12.1. The maximum Gasteiger partial charge on any atom is 0.268 e. The van der Waals surface area contributed by atoms with E-state index < -0.39 is 26.6 Å². The first-order valence-corrected chi connectivity index (χ1v) is 17.8. The van der Waals surface area contributed by atoms with E-state index in [2.05, 4.69) is 36.5 Å². The Balaban J connectivity index is 4.25. The lowest BCUT2D eigenvalue weighted by Gasteiger charge is -2.29. The zero-order chi connectivity index (χ0) is 31.5. The molecule has 246 valence electrons. The molecule has 0 saturated heterocycles. The molecule has 0 aromatic rings. The van der Waals surface area contributed by atoms with Crippen molar-refractivity contribution in [2.75, 3.05) is 40.9 Å². The molecule has 0 aliphatic carbocycles. The molecule has 0 fully saturated rings. The van der Waals surface area contributed by atoms with Crippen molar-refractivity contribution in [1.29, 1.82) is 0 Å². The van der Waals surface area contributed by atoms with Crippen molar-refractivity contribution in [3.8, 4) is 0 Å². The van der Waals surface area contributed by atoms with Gasteiger partial charge in [0.25, 0.3) is 7.82 Å². The van der Waals surface area contributed by atoms with Crippen molar-refractivity contribution in [1.82, 2.24) is 5.32 Å². The molecular weight excluding hydrogens is 551 g/mol. The van der Waals surface area contributed by atoms with Crippen LogP contribution in [0.1, 0.15) is 117 Å². The number of aliphatic hydroxyl groups is 1. The zero-order valence-corrected chi connectivity index (χ0v) is 28.3. The van der Waals surface area contributed by atoms with Crippen molar-refractivity contribution in [2.45, 2.75) is 129 Å². The van der Waals surface area contributed by atoms with Gasteiger partial charge in [-0.3, -0.25) is 9.36 Å². The largest absolute Gasteiger partial charge is 0.756 e. The average Bonchev–Trinajstić information content (AvgIpc) is 2.91. The summed E-state index contributed by atoms with van der Waals surface area (Å²) in [5.74, 6) is -0.268. The minimum Gasteiger partial charge on any atom is -0.756 e. The highest BCUT2D eigenvalue weighted by Crippen LogP contribution is 2.38. The van der Waals surface area contributed by atoms with Crippen LogP contribution in [0.15, 0.2) is 36.5 Å². The van der Waals surface area contributed by atoms with Gasteiger partial charge in [-0.1, -0.05) is 102 Å². The Kier molecular flexibility index (Phi) is 25.4. The summed E-state index contributed by atoms with van der Waals surface area (Å²) in [7, 11) is 1.22. The van der Waals surface area contributed by atoms with E-state index in [0.717, 1.165) is 25.7 Å². The molecule has 0 spiro atoms. The normalized spacial score (nSPS) is 15.5. The molecule has 2 N–H and O–H groups in total. The number of unbranched alkanes of at least 4 members (excludes halogenated alkanes) is 11. The molecule has 42 heavy (non-hydrogen) atoms. The SMILES string of the molecule is CCCCCCCCCCC/C=C/CC/C=C/CC/C=C/C(O)C(COP(=O)([O-])OCC[N+](C)(C)C)NC(=O)CCC. The third-order valence-electron chi connectivity index (χ3n) is 6.80. The van der Waals surface area contributed by atoms with Crippen molar-refractivity contribution >= 4 is 13.7 Å². The van der Waals surface area contributed by atoms with Crippen molar-refractivity contribution in [3.05, 3.63) is 36.5 Å². The number of quaternary nitrogens is 1. The number of nitrogens with one attached hydrogen (secondary N) is 1. The Morgan fingerprint density at radius 3 is 1.88 bits per heavy atom. The van der Waals surface area contributed by atoms with Gasteiger partial charge in [0.15, 0.2) is 0 Å². The highest BCUT2D eigenvalue weighted by atomic mass is 31.2. The molecule has 1 amide bonds. The third kappa shape index (κ3) is 27.5. The third-order valence-corrected chi connectivity index (χ3v) is 7.76. The highest BCUT2D eigenvalue weighted by Gasteiger charge is 2.22. The summed E-state index contributed by atoms with van der Waals surface area (Å²) in [6, 6.07) is -0.901. The number of likely N-dealkylation sites (N-methyl/N-ethyl adjacent to an activating group) is 1. The van der Waals surface area contributed by atoms with Crippen LogP contribution < -0.4 is 10.2 Å². The van der Waals surface area contributed by atoms with E-state index >= 15 is 0 Å². The molecule has 0 saturated carbocycles. The summed E-state index contributed by atoms with van der Waals surface area (Å²) >= 11 is 0. The molecule has 0 aliphatic rings. The van der Waals surface area contributed by atoms with Crippen LogP contribution in [-0.4, -0.2) is 68.5 Å². The topological polar surface area (TPSA) is 108 Å². The van der Waals surface area contributed by atoms with Crippen LogP contribution in [0.3, 0.4) is 0 Å². The first kappa shape index (κ1) is 40.7. The number of hydrogen-bond donors (Lipinski definition) is 2. The molecule has 0 aliphatic heterocycles. The van der Waals surface area contributed by atoms with Gasteiger partial charge in [-0.15, -0.1) is 0 Å². The fourth-order valence-corrected chi connectivity index (χ4v) is 4.89. The fraction of sp³-hybridized carbons (Fsp3) is 0.788. The second kappa shape index (κ2) is 26.2. The molecule has 8 nitrogen and oxygen atoms in total. The van der Waals surface area contributed by atoms with Crippen LogP contribution in [0.4, 0.5) is 0 Å². The molecule has 0 heterocycles. The summed E-state index contributed by atoms with van der Waals surface area (Å²) < 4.78 is 22.6. The number of allylic oxidation sites excluding steroid dienone is 5. The van der Waals surface area contributed by atoms with Gasteiger partial charge in [0.2, 0.25) is 5.91 Å². The molecule has 0 aromatic carbocycles. The number of carbonyl (C=O) groups is 1. The summed E-state index contributed by atoms with van der Waals surface area (Å²) in [6.45, 7) is 4.21. The predicted molar refractivity (Wildman–Crippen MR) is 173 cm³/mol. The fourth-order valence-electron chi connectivity index (χ4n) is 4.17. The Bertz CT molecular complexity index is 794. The number of phosphoric ester groups is 1. The summed E-state index contributed by atoms with van der Waals surface area (Å²) in [6.07, 6.45) is 29.2. The van der Waals surface area contributed by atoms with Crippen LogP contribution in [0.2, 0.25) is 0 Å². The van der Waals surface area contributed by atoms with Crippen LogP contribution in [0, 0.1) is 0 Å². The lowest BCUT2D eigenvalue weighted by Crippen LogP contribution is -2.45. The van der Waals surface area contributed by atoms with Crippen molar-refractivity contribution < 1.29 is 32.9 Å². The van der Waals surface area contributed by atoms with Gasteiger partial charge in [0.05, 0.1) is 39.9 Å². The molecule has 3 unspecified atom stereocenters. The van der Waals surface area contributed by atoms with E-state index in [0.29, 0.717) is 17.4 Å². The van der Waals surface area contributed by atoms with Gasteiger partial charge in [-0.05, 0) is 44.9 Å². The maximum atomic E-state index is 12.1. The quantitative estimate of drug-likeness (QED) is 0.0426. The van der Waals surface area contributed by atoms with E-state index in [4.69, 9.17) is 9.05 Å². The molecule has 0 rings (SSSR count). The molecule has 0 aromatic heterocycles. The van der Waals surface area contributed by atoms with E-state index in [1.165, 1.54) is 64.2 Å². The lowest BCUT2D eigenvalue weighted by molar-refractivity contribution is -0.870. The maximum absolute atomic E-state index is 12.1. The second-order valence-corrected chi connectivity index (χ2v) is 13.6. The van der Waals surface area contributed by atoms with Crippen LogP contribution in [-0.2, 0) is 18.4 Å². The van der Waals surface area contributed by atoms with Crippen molar-refractivity contribution in [2.24, 2.45) is 0 Å². The van der Waals surface area contributed by atoms with Gasteiger partial charge in [0.1, 0.15) is 13.2 Å². The minimum atomic E-state index is -4.56. The Morgan fingerprint density at radius 2 is 1.33 bits per heavy atom. The van der Waals surface area contributed by atoms with E-state index in [1.807, 2.05) is 34.1 Å². The number of aliphatic hydroxyl groups excluding tert-OH is 1. The monoisotopic (exact) mass is 614 g/mol. The van der Waals surface area contributed by atoms with Crippen LogP contribution in [0.5, 0.6) is 0 Å². The first-order valence-electron chi connectivity index (χ1n) is 16.4. The summed E-state index contributed by atoms with van der Waals surface area (Å²) in [5, 5.41) is 13.3. The molecule has 9 heteroatoms. The number of nitrogens with zero attached hydrogens (tertiary/aromatic N) is 1. The van der Waals surface area contributed by atoms with Gasteiger partial charge in [0, 0.05) is 6.42 Å². The number of rotatable bonds is 28. The number of amides is 1. The van der Waals surface area contributed by atoms with E-state index in [-0.39, 0.29) is 18.9 Å². The summed E-state index contributed by atoms with van der Waals surface area (Å²) in [5.41, 5.74) is 0. The Labute approximate surface area is 257 Å². The van der Waals surface area contributed by atoms with Crippen LogP contribution in [0.25, 0.3) is 0 Å². The Hall–Kier alpha value is -1.28. The van der Waals surface area contributed by atoms with Crippen LogP contribution >= 0.6 is 7.82 Å². The molecule has 0 radical (unpaired) electrons. The minimum absolute atomic E-state index is 0.0112. The smallest absolute Gasteiger partial charge is 0.268 e. The zero-order valence-electron chi connectivity index (χ0n) is 27.4. The lowest BCUT2D eigenvalue weighted by atomic mass is 10.1. The van der Waals surface area contributed by atoms with E-state index in [1.54, 1.807) is 6.08 Å². The molecular formula is C33H63N2O6P. The van der Waals surface area contributed by atoms with Gasteiger partial charge >= 0.3 is 0 Å². The average molecular weight is 615 g/mol. The summed E-state index contributed by atoms with van der Waals surface area (Å²) in [4.78, 5) is 24.3. The predicted octanol–water partition coefficient (Wildman–Crippen LogP) is 6.99. The molecule has 0 bridgehead atoms. The number of carbonyl (C=O) groups excluding carboxylic acids is 1.